The summed E-state index contributed by atoms with van der Waals surface area (Å²) in [6, 6.07) is 5.93. The van der Waals surface area contributed by atoms with Crippen LogP contribution in [-0.2, 0) is 0 Å². The lowest BCUT2D eigenvalue weighted by Crippen LogP contribution is -2.27. The van der Waals surface area contributed by atoms with Crippen molar-refractivity contribution < 1.29 is 0 Å². The highest BCUT2D eigenvalue weighted by atomic mass is 35.5. The third kappa shape index (κ3) is 3.24. The lowest BCUT2D eigenvalue weighted by molar-refractivity contribution is 0.568. The average Bonchev–Trinajstić information content (AvgIpc) is 2.21. The van der Waals surface area contributed by atoms with E-state index in [2.05, 4.69) is 17.3 Å². The Morgan fingerprint density at radius 2 is 2.27 bits per heavy atom. The normalized spacial score (nSPS) is 11.7. The second-order valence-electron chi connectivity index (χ2n) is 3.38. The van der Waals surface area contributed by atoms with E-state index in [-0.39, 0.29) is 6.04 Å². The van der Waals surface area contributed by atoms with E-state index in [0.29, 0.717) is 6.42 Å². The molecule has 1 rings (SSSR count). The maximum atomic E-state index is 6.14. The van der Waals surface area contributed by atoms with Crippen molar-refractivity contribution in [3.8, 4) is 11.8 Å². The van der Waals surface area contributed by atoms with E-state index in [1.54, 1.807) is 0 Å². The van der Waals surface area contributed by atoms with Crippen LogP contribution in [0.3, 0.4) is 0 Å². The maximum Gasteiger partial charge on any atom is 0.0583 e. The molecule has 0 radical (unpaired) electrons. The summed E-state index contributed by atoms with van der Waals surface area (Å²) in [5.74, 6) is 11.3. The minimum absolute atomic E-state index is 0.00875. The lowest BCUT2D eigenvalue weighted by atomic mass is 10.0. The van der Waals surface area contributed by atoms with Crippen LogP contribution in [0.2, 0.25) is 5.02 Å². The maximum absolute atomic E-state index is 6.14. The van der Waals surface area contributed by atoms with Crippen molar-refractivity contribution in [2.75, 3.05) is 0 Å². The molecule has 80 valence electrons. The molecule has 1 unspecified atom stereocenters. The van der Waals surface area contributed by atoms with E-state index in [1.807, 2.05) is 32.0 Å². The third-order valence-electron chi connectivity index (χ3n) is 2.22. The third-order valence-corrected chi connectivity index (χ3v) is 2.54. The van der Waals surface area contributed by atoms with Crippen LogP contribution in [-0.4, -0.2) is 0 Å². The molecule has 0 aliphatic rings. The first-order valence-corrected chi connectivity index (χ1v) is 5.18. The fourth-order valence-electron chi connectivity index (χ4n) is 1.38. The molecule has 0 bridgehead atoms. The summed E-state index contributed by atoms with van der Waals surface area (Å²) in [4.78, 5) is 0. The van der Waals surface area contributed by atoms with Crippen molar-refractivity contribution in [1.29, 1.82) is 0 Å². The predicted octanol–water partition coefficient (Wildman–Crippen LogP) is 2.57. The predicted molar refractivity (Wildman–Crippen MR) is 64.3 cm³/mol. The van der Waals surface area contributed by atoms with Crippen LogP contribution in [0.15, 0.2) is 18.2 Å². The Morgan fingerprint density at radius 3 is 2.80 bits per heavy atom. The first-order chi connectivity index (χ1) is 7.19. The first kappa shape index (κ1) is 12.1. The zero-order valence-electron chi connectivity index (χ0n) is 8.97. The number of halogens is 1. The van der Waals surface area contributed by atoms with Gasteiger partial charge in [0, 0.05) is 11.4 Å². The van der Waals surface area contributed by atoms with Gasteiger partial charge in [0.05, 0.1) is 6.04 Å². The molecule has 0 spiro atoms. The van der Waals surface area contributed by atoms with Gasteiger partial charge >= 0.3 is 0 Å². The van der Waals surface area contributed by atoms with Crippen molar-refractivity contribution in [3.63, 3.8) is 0 Å². The average molecular weight is 223 g/mol. The van der Waals surface area contributed by atoms with Crippen molar-refractivity contribution >= 4 is 11.6 Å². The van der Waals surface area contributed by atoms with Gasteiger partial charge in [-0.1, -0.05) is 23.7 Å². The lowest BCUT2D eigenvalue weighted by Gasteiger charge is -2.15. The van der Waals surface area contributed by atoms with E-state index >= 15 is 0 Å². The molecule has 0 saturated carbocycles. The largest absolute Gasteiger partial charge is 0.271 e. The van der Waals surface area contributed by atoms with Gasteiger partial charge in [-0.3, -0.25) is 11.3 Å². The second-order valence-corrected chi connectivity index (χ2v) is 3.78. The number of nitrogens with two attached hydrogens (primary N) is 1. The van der Waals surface area contributed by atoms with Gasteiger partial charge in [0.2, 0.25) is 0 Å². The molecule has 0 amide bonds. The van der Waals surface area contributed by atoms with Gasteiger partial charge in [0.1, 0.15) is 0 Å². The SMILES string of the molecule is CC#CCC(NN)c1ccc(C)cc1Cl. The Hall–Kier alpha value is -1.01. The van der Waals surface area contributed by atoms with Crippen LogP contribution in [0.5, 0.6) is 0 Å². The van der Waals surface area contributed by atoms with Gasteiger partial charge in [-0.05, 0) is 31.0 Å². The summed E-state index contributed by atoms with van der Waals surface area (Å²) in [5.41, 5.74) is 4.86. The minimum Gasteiger partial charge on any atom is -0.271 e. The Bertz CT molecular complexity index is 390. The molecule has 0 aliphatic heterocycles. The molecular weight excluding hydrogens is 208 g/mol. The molecule has 0 aromatic heterocycles. The topological polar surface area (TPSA) is 38.0 Å². The van der Waals surface area contributed by atoms with E-state index in [9.17, 15) is 0 Å². The molecule has 0 fully saturated rings. The van der Waals surface area contributed by atoms with Gasteiger partial charge in [-0.25, -0.2) is 0 Å². The van der Waals surface area contributed by atoms with Gasteiger partial charge in [-0.15, -0.1) is 11.8 Å². The van der Waals surface area contributed by atoms with Crippen LogP contribution >= 0.6 is 11.6 Å². The zero-order chi connectivity index (χ0) is 11.3. The fraction of sp³-hybridized carbons (Fsp3) is 0.333. The standard InChI is InChI=1S/C12H15ClN2/c1-3-4-5-12(15-14)10-7-6-9(2)8-11(10)13/h6-8,12,15H,5,14H2,1-2H3. The molecule has 0 heterocycles. The number of hydrazine groups is 1. The van der Waals surface area contributed by atoms with E-state index in [1.165, 1.54) is 0 Å². The molecule has 3 heteroatoms. The summed E-state index contributed by atoms with van der Waals surface area (Å²) in [7, 11) is 0. The Labute approximate surface area is 95.8 Å². The molecule has 2 nitrogen and oxygen atoms in total. The number of rotatable bonds is 3. The van der Waals surface area contributed by atoms with Crippen molar-refractivity contribution in [2.24, 2.45) is 5.84 Å². The summed E-state index contributed by atoms with van der Waals surface area (Å²) in [5, 5.41) is 0.732. The van der Waals surface area contributed by atoms with Gasteiger partial charge in [0.25, 0.3) is 0 Å². The van der Waals surface area contributed by atoms with Crippen LogP contribution in [0.4, 0.5) is 0 Å². The Morgan fingerprint density at radius 1 is 1.53 bits per heavy atom. The molecule has 1 atom stereocenters. The van der Waals surface area contributed by atoms with Crippen LogP contribution in [0, 0.1) is 18.8 Å². The van der Waals surface area contributed by atoms with Gasteiger partial charge < -0.3 is 0 Å². The molecular formula is C12H15ClN2. The number of nitrogens with one attached hydrogen (secondary N) is 1. The second kappa shape index (κ2) is 5.77. The van der Waals surface area contributed by atoms with Crippen molar-refractivity contribution in [3.05, 3.63) is 34.3 Å². The number of hydrogen-bond acceptors (Lipinski definition) is 2. The Kier molecular flexibility index (Phi) is 4.64. The number of hydrogen-bond donors (Lipinski definition) is 2. The van der Waals surface area contributed by atoms with E-state index < -0.39 is 0 Å². The molecule has 0 aliphatic carbocycles. The van der Waals surface area contributed by atoms with Gasteiger partial charge in [0.15, 0.2) is 0 Å². The van der Waals surface area contributed by atoms with Crippen molar-refractivity contribution in [2.45, 2.75) is 26.3 Å². The molecule has 15 heavy (non-hydrogen) atoms. The fourth-order valence-corrected chi connectivity index (χ4v) is 1.74. The van der Waals surface area contributed by atoms with Crippen LogP contribution < -0.4 is 11.3 Å². The van der Waals surface area contributed by atoms with Crippen molar-refractivity contribution in [1.82, 2.24) is 5.43 Å². The zero-order valence-corrected chi connectivity index (χ0v) is 9.73. The van der Waals surface area contributed by atoms with E-state index in [0.717, 1.165) is 16.1 Å². The smallest absolute Gasteiger partial charge is 0.0583 e. The highest BCUT2D eigenvalue weighted by Gasteiger charge is 2.11. The minimum atomic E-state index is -0.00875. The number of benzene rings is 1. The molecule has 0 saturated heterocycles. The van der Waals surface area contributed by atoms with E-state index in [4.69, 9.17) is 17.4 Å². The van der Waals surface area contributed by atoms with Crippen LogP contribution in [0.1, 0.15) is 30.5 Å². The quantitative estimate of drug-likeness (QED) is 0.469. The Balaban J connectivity index is 2.94. The van der Waals surface area contributed by atoms with Crippen LogP contribution in [0.25, 0.3) is 0 Å². The highest BCUT2D eigenvalue weighted by molar-refractivity contribution is 6.31. The first-order valence-electron chi connectivity index (χ1n) is 4.80. The highest BCUT2D eigenvalue weighted by Crippen LogP contribution is 2.25. The van der Waals surface area contributed by atoms with Gasteiger partial charge in [-0.2, -0.15) is 0 Å². The summed E-state index contributed by atoms with van der Waals surface area (Å²) in [6.07, 6.45) is 0.662. The molecule has 1 aromatic carbocycles. The summed E-state index contributed by atoms with van der Waals surface area (Å²) >= 11 is 6.14. The monoisotopic (exact) mass is 222 g/mol. The molecule has 1 aromatic rings. The number of aryl methyl sites for hydroxylation is 1. The summed E-state index contributed by atoms with van der Waals surface area (Å²) in [6.45, 7) is 3.82. The summed E-state index contributed by atoms with van der Waals surface area (Å²) < 4.78 is 0. The molecule has 3 N–H and O–H groups in total.